The summed E-state index contributed by atoms with van der Waals surface area (Å²) in [6, 6.07) is 0. The summed E-state index contributed by atoms with van der Waals surface area (Å²) >= 11 is 1.59. The Kier molecular flexibility index (Phi) is 2.34. The third-order valence-corrected chi connectivity index (χ3v) is 3.09. The second-order valence-electron chi connectivity index (χ2n) is 2.78. The zero-order chi connectivity index (χ0) is 8.39. The molecule has 5 heteroatoms. The number of aromatic nitrogens is 2. The number of aliphatic hydroxyl groups excluding tert-OH is 1. The first-order chi connectivity index (χ1) is 5.86. The van der Waals surface area contributed by atoms with Gasteiger partial charge in [0.2, 0.25) is 0 Å². The van der Waals surface area contributed by atoms with E-state index in [4.69, 9.17) is 0 Å². The van der Waals surface area contributed by atoms with Crippen molar-refractivity contribution in [1.29, 1.82) is 0 Å². The van der Waals surface area contributed by atoms with Crippen LogP contribution in [0.15, 0.2) is 17.6 Å². The third kappa shape index (κ3) is 1.63. The Morgan fingerprint density at radius 2 is 2.50 bits per heavy atom. The molecule has 3 N–H and O–H groups in total. The van der Waals surface area contributed by atoms with Crippen LogP contribution < -0.4 is 5.32 Å². The van der Waals surface area contributed by atoms with Crippen LogP contribution in [0.5, 0.6) is 0 Å². The standard InChI is InChI=1S/C7H11N3OS/c11-5-3-8-4-6(5)12-7-9-1-2-10-7/h1-2,5-6,8,11H,3-4H2,(H,9,10)/t5-,6-/m1/s1. The summed E-state index contributed by atoms with van der Waals surface area (Å²) in [5.74, 6) is 0. The van der Waals surface area contributed by atoms with Crippen molar-refractivity contribution >= 4 is 11.8 Å². The van der Waals surface area contributed by atoms with Gasteiger partial charge in [-0.1, -0.05) is 11.8 Å². The van der Waals surface area contributed by atoms with Gasteiger partial charge >= 0.3 is 0 Å². The van der Waals surface area contributed by atoms with Gasteiger partial charge < -0.3 is 15.4 Å². The molecular weight excluding hydrogens is 174 g/mol. The molecule has 0 amide bonds. The highest BCUT2D eigenvalue weighted by Crippen LogP contribution is 2.23. The van der Waals surface area contributed by atoms with E-state index >= 15 is 0 Å². The fraction of sp³-hybridized carbons (Fsp3) is 0.571. The van der Waals surface area contributed by atoms with Gasteiger partial charge in [0, 0.05) is 25.5 Å². The van der Waals surface area contributed by atoms with E-state index in [2.05, 4.69) is 15.3 Å². The number of β-amino-alcohol motifs (C(OH)–C–C–N with tert-alkyl or cyclic N) is 1. The van der Waals surface area contributed by atoms with Crippen LogP contribution in [0.25, 0.3) is 0 Å². The minimum Gasteiger partial charge on any atom is -0.391 e. The molecule has 1 fully saturated rings. The summed E-state index contributed by atoms with van der Waals surface area (Å²) in [7, 11) is 0. The molecule has 0 aliphatic carbocycles. The predicted octanol–water partition coefficient (Wildman–Crippen LogP) is -0.166. The van der Waals surface area contributed by atoms with Crippen molar-refractivity contribution in [3.8, 4) is 0 Å². The zero-order valence-corrected chi connectivity index (χ0v) is 7.34. The summed E-state index contributed by atoms with van der Waals surface area (Å²) in [5.41, 5.74) is 0. The number of imidazole rings is 1. The van der Waals surface area contributed by atoms with Gasteiger partial charge in [-0.15, -0.1) is 0 Å². The van der Waals surface area contributed by atoms with E-state index in [1.807, 2.05) is 0 Å². The van der Waals surface area contributed by atoms with Gasteiger partial charge in [0.25, 0.3) is 0 Å². The molecule has 1 aliphatic heterocycles. The first kappa shape index (κ1) is 8.10. The third-order valence-electron chi connectivity index (χ3n) is 1.86. The minimum atomic E-state index is -0.250. The molecule has 0 aromatic carbocycles. The van der Waals surface area contributed by atoms with Gasteiger partial charge in [0.15, 0.2) is 5.16 Å². The van der Waals surface area contributed by atoms with Crippen LogP contribution in [0.3, 0.4) is 0 Å². The Balaban J connectivity index is 1.95. The van der Waals surface area contributed by atoms with Gasteiger partial charge in [-0.05, 0) is 0 Å². The molecule has 0 bridgehead atoms. The summed E-state index contributed by atoms with van der Waals surface area (Å²) in [5, 5.41) is 13.7. The van der Waals surface area contributed by atoms with Crippen molar-refractivity contribution in [2.24, 2.45) is 0 Å². The first-order valence-electron chi connectivity index (χ1n) is 3.91. The number of nitrogens with one attached hydrogen (secondary N) is 2. The molecular formula is C7H11N3OS. The normalized spacial score (nSPS) is 29.4. The molecule has 0 spiro atoms. The second kappa shape index (κ2) is 3.47. The van der Waals surface area contributed by atoms with Gasteiger partial charge in [0.05, 0.1) is 11.4 Å². The van der Waals surface area contributed by atoms with Crippen LogP contribution in [-0.2, 0) is 0 Å². The van der Waals surface area contributed by atoms with Crippen LogP contribution in [0.2, 0.25) is 0 Å². The Morgan fingerprint density at radius 1 is 1.58 bits per heavy atom. The van der Waals surface area contributed by atoms with Gasteiger partial charge in [-0.25, -0.2) is 4.98 Å². The zero-order valence-electron chi connectivity index (χ0n) is 6.53. The second-order valence-corrected chi connectivity index (χ2v) is 4.00. The van der Waals surface area contributed by atoms with Gasteiger partial charge in [-0.3, -0.25) is 0 Å². The maximum absolute atomic E-state index is 9.46. The monoisotopic (exact) mass is 185 g/mol. The van der Waals surface area contributed by atoms with Crippen LogP contribution in [0.4, 0.5) is 0 Å². The van der Waals surface area contributed by atoms with E-state index in [1.165, 1.54) is 0 Å². The quantitative estimate of drug-likeness (QED) is 0.599. The molecule has 12 heavy (non-hydrogen) atoms. The smallest absolute Gasteiger partial charge is 0.165 e. The molecule has 1 aliphatic rings. The molecule has 66 valence electrons. The lowest BCUT2D eigenvalue weighted by Crippen LogP contribution is -2.20. The molecule has 1 saturated heterocycles. The number of aliphatic hydroxyl groups is 1. The topological polar surface area (TPSA) is 60.9 Å². The first-order valence-corrected chi connectivity index (χ1v) is 4.79. The minimum absolute atomic E-state index is 0.233. The summed E-state index contributed by atoms with van der Waals surface area (Å²) in [6.45, 7) is 1.55. The average Bonchev–Trinajstić information content (AvgIpc) is 2.65. The summed E-state index contributed by atoms with van der Waals surface area (Å²) < 4.78 is 0. The van der Waals surface area contributed by atoms with Crippen molar-refractivity contribution in [3.05, 3.63) is 12.4 Å². The van der Waals surface area contributed by atoms with E-state index in [9.17, 15) is 5.11 Å². The van der Waals surface area contributed by atoms with Gasteiger partial charge in [0.1, 0.15) is 0 Å². The van der Waals surface area contributed by atoms with Crippen molar-refractivity contribution in [3.63, 3.8) is 0 Å². The summed E-state index contributed by atoms with van der Waals surface area (Å²) in [4.78, 5) is 7.08. The molecule has 1 aromatic rings. The van der Waals surface area contributed by atoms with Gasteiger partial charge in [-0.2, -0.15) is 0 Å². The molecule has 0 saturated carbocycles. The Bertz CT molecular complexity index is 239. The number of hydrogen-bond acceptors (Lipinski definition) is 4. The maximum atomic E-state index is 9.46. The number of thioether (sulfide) groups is 1. The lowest BCUT2D eigenvalue weighted by Gasteiger charge is -2.09. The van der Waals surface area contributed by atoms with Crippen molar-refractivity contribution < 1.29 is 5.11 Å². The Labute approximate surface area is 74.8 Å². The maximum Gasteiger partial charge on any atom is 0.165 e. The van der Waals surface area contributed by atoms with Crippen molar-refractivity contribution in [1.82, 2.24) is 15.3 Å². The molecule has 2 heterocycles. The highest BCUT2D eigenvalue weighted by Gasteiger charge is 2.26. The van der Waals surface area contributed by atoms with Crippen LogP contribution in [0.1, 0.15) is 0 Å². The van der Waals surface area contributed by atoms with Crippen molar-refractivity contribution in [2.75, 3.05) is 13.1 Å². The lowest BCUT2D eigenvalue weighted by molar-refractivity contribution is 0.201. The molecule has 4 nitrogen and oxygen atoms in total. The fourth-order valence-electron chi connectivity index (χ4n) is 1.22. The SMILES string of the molecule is O[C@@H]1CNC[C@H]1Sc1ncc[nH]1. The average molecular weight is 185 g/mol. The number of nitrogens with zero attached hydrogens (tertiary/aromatic N) is 1. The van der Waals surface area contributed by atoms with Crippen molar-refractivity contribution in [2.45, 2.75) is 16.5 Å². The van der Waals surface area contributed by atoms with E-state index in [1.54, 1.807) is 24.2 Å². The van der Waals surface area contributed by atoms with Crippen LogP contribution >= 0.6 is 11.8 Å². The van der Waals surface area contributed by atoms with E-state index in [0.717, 1.165) is 11.7 Å². The van der Waals surface area contributed by atoms with E-state index in [0.29, 0.717) is 6.54 Å². The number of rotatable bonds is 2. The largest absolute Gasteiger partial charge is 0.391 e. The number of hydrogen-bond donors (Lipinski definition) is 3. The molecule has 0 radical (unpaired) electrons. The Morgan fingerprint density at radius 3 is 3.08 bits per heavy atom. The van der Waals surface area contributed by atoms with Crippen LogP contribution in [-0.4, -0.2) is 39.5 Å². The lowest BCUT2D eigenvalue weighted by atomic mass is 10.3. The highest BCUT2D eigenvalue weighted by molar-refractivity contribution is 7.99. The van der Waals surface area contributed by atoms with E-state index in [-0.39, 0.29) is 11.4 Å². The molecule has 2 rings (SSSR count). The molecule has 2 atom stereocenters. The number of H-pyrrole nitrogens is 1. The molecule has 1 aromatic heterocycles. The summed E-state index contributed by atoms with van der Waals surface area (Å²) in [6.07, 6.45) is 3.26. The molecule has 0 unspecified atom stereocenters. The Hall–Kier alpha value is -0.520. The van der Waals surface area contributed by atoms with E-state index < -0.39 is 0 Å². The highest BCUT2D eigenvalue weighted by atomic mass is 32.2. The predicted molar refractivity (Wildman–Crippen MR) is 47.1 cm³/mol. The number of aromatic amines is 1. The van der Waals surface area contributed by atoms with Crippen LogP contribution in [0, 0.1) is 0 Å². The fourth-order valence-corrected chi connectivity index (χ4v) is 2.22.